The van der Waals surface area contributed by atoms with E-state index in [0.29, 0.717) is 5.82 Å². The van der Waals surface area contributed by atoms with E-state index in [4.69, 9.17) is 15.6 Å². The first kappa shape index (κ1) is 19.9. The van der Waals surface area contributed by atoms with Gasteiger partial charge in [-0.05, 0) is 24.3 Å². The van der Waals surface area contributed by atoms with Crippen molar-refractivity contribution >= 4 is 23.1 Å². The van der Waals surface area contributed by atoms with Gasteiger partial charge >= 0.3 is 5.97 Å². The van der Waals surface area contributed by atoms with E-state index in [2.05, 4.69) is 32.0 Å². The number of morpholine rings is 1. The van der Waals surface area contributed by atoms with Gasteiger partial charge in [-0.3, -0.25) is 4.90 Å². The highest BCUT2D eigenvalue weighted by molar-refractivity contribution is 7.15. The number of ether oxygens (including phenoxy) is 1. The minimum atomic E-state index is -0.990. The number of carboxylic acid groups (broad SMARTS) is 1. The fourth-order valence-electron chi connectivity index (χ4n) is 2.53. The van der Waals surface area contributed by atoms with Gasteiger partial charge in [-0.1, -0.05) is 6.07 Å². The summed E-state index contributed by atoms with van der Waals surface area (Å²) in [7, 11) is 0. The molecule has 1 aliphatic rings. The van der Waals surface area contributed by atoms with E-state index in [1.165, 1.54) is 17.1 Å². The van der Waals surface area contributed by atoms with Crippen LogP contribution in [-0.4, -0.2) is 57.2 Å². The number of thiophene rings is 1. The topological polar surface area (TPSA) is 114 Å². The van der Waals surface area contributed by atoms with Crippen LogP contribution in [0.2, 0.25) is 0 Å². The Balaban J connectivity index is 0.000000211. The van der Waals surface area contributed by atoms with Crippen LogP contribution in [0.3, 0.4) is 0 Å². The Labute approximate surface area is 166 Å². The van der Waals surface area contributed by atoms with Crippen LogP contribution in [-0.2, 0) is 11.3 Å². The number of aromatic nitrogens is 3. The van der Waals surface area contributed by atoms with E-state index in [9.17, 15) is 4.79 Å². The van der Waals surface area contributed by atoms with Crippen molar-refractivity contribution in [3.8, 4) is 10.6 Å². The molecule has 3 aromatic heterocycles. The SMILES string of the molecule is Nc1cnc(-c2ccc(CN3CCOCC3)s2)cn1.O=C(O)c1ccccn1. The third kappa shape index (κ3) is 5.81. The van der Waals surface area contributed by atoms with Gasteiger partial charge < -0.3 is 15.6 Å². The van der Waals surface area contributed by atoms with Crippen molar-refractivity contribution < 1.29 is 14.6 Å². The lowest BCUT2D eigenvalue weighted by Crippen LogP contribution is -2.35. The number of pyridine rings is 1. The predicted octanol–water partition coefficient (Wildman–Crippen LogP) is 2.40. The van der Waals surface area contributed by atoms with Gasteiger partial charge in [-0.2, -0.15) is 0 Å². The van der Waals surface area contributed by atoms with Gasteiger partial charge in [0.05, 0.1) is 36.2 Å². The van der Waals surface area contributed by atoms with Gasteiger partial charge in [0.1, 0.15) is 11.5 Å². The number of nitrogens with two attached hydrogens (primary N) is 1. The highest BCUT2D eigenvalue weighted by Crippen LogP contribution is 2.27. The number of rotatable bonds is 4. The zero-order valence-electron chi connectivity index (χ0n) is 15.2. The highest BCUT2D eigenvalue weighted by Gasteiger charge is 2.12. The van der Waals surface area contributed by atoms with Crippen molar-refractivity contribution in [2.75, 3.05) is 32.0 Å². The molecule has 0 saturated carbocycles. The van der Waals surface area contributed by atoms with Crippen molar-refractivity contribution in [2.45, 2.75) is 6.54 Å². The molecule has 1 fully saturated rings. The zero-order chi connectivity index (χ0) is 19.8. The second-order valence-electron chi connectivity index (χ2n) is 6.00. The van der Waals surface area contributed by atoms with Crippen molar-refractivity contribution in [1.82, 2.24) is 19.9 Å². The summed E-state index contributed by atoms with van der Waals surface area (Å²) in [5, 5.41) is 8.32. The standard InChI is InChI=1S/C13H16N4OS.C6H5NO2/c14-13-8-15-11(7-16-13)12-2-1-10(19-12)9-17-3-5-18-6-4-17;8-6(9)5-3-1-2-4-7-5/h1-2,7-8H,3-6,9H2,(H2,14,16);1-4H,(H,8,9). The molecule has 8 nitrogen and oxygen atoms in total. The summed E-state index contributed by atoms with van der Waals surface area (Å²) in [5.74, 6) is -0.538. The molecule has 1 saturated heterocycles. The van der Waals surface area contributed by atoms with E-state index in [0.717, 1.165) is 43.4 Å². The van der Waals surface area contributed by atoms with Crippen molar-refractivity contribution in [2.24, 2.45) is 0 Å². The first-order valence-corrected chi connectivity index (χ1v) is 9.54. The largest absolute Gasteiger partial charge is 0.477 e. The summed E-state index contributed by atoms with van der Waals surface area (Å²) in [5.41, 5.74) is 6.51. The Morgan fingerprint density at radius 1 is 1.14 bits per heavy atom. The molecule has 4 heterocycles. The maximum atomic E-state index is 10.1. The lowest BCUT2D eigenvalue weighted by atomic mass is 10.3. The summed E-state index contributed by atoms with van der Waals surface area (Å²) >= 11 is 1.76. The van der Waals surface area contributed by atoms with Crippen LogP contribution < -0.4 is 5.73 Å². The molecule has 1 aliphatic heterocycles. The molecule has 0 amide bonds. The summed E-state index contributed by atoms with van der Waals surface area (Å²) < 4.78 is 5.35. The lowest BCUT2D eigenvalue weighted by molar-refractivity contribution is 0.0346. The van der Waals surface area contributed by atoms with Crippen LogP contribution >= 0.6 is 11.3 Å². The minimum Gasteiger partial charge on any atom is -0.477 e. The van der Waals surface area contributed by atoms with Crippen LogP contribution in [0.25, 0.3) is 10.6 Å². The molecule has 0 aliphatic carbocycles. The van der Waals surface area contributed by atoms with Crippen LogP contribution in [0.1, 0.15) is 15.4 Å². The molecule has 0 aromatic carbocycles. The maximum Gasteiger partial charge on any atom is 0.354 e. The quantitative estimate of drug-likeness (QED) is 0.687. The van der Waals surface area contributed by atoms with Crippen LogP contribution in [0.4, 0.5) is 5.82 Å². The Bertz CT molecular complexity index is 880. The van der Waals surface area contributed by atoms with Crippen LogP contribution in [0.15, 0.2) is 48.9 Å². The third-order valence-corrected chi connectivity index (χ3v) is 5.05. The van der Waals surface area contributed by atoms with E-state index in [1.807, 2.05) is 0 Å². The molecular weight excluding hydrogens is 378 g/mol. The first-order valence-electron chi connectivity index (χ1n) is 8.73. The number of hydrogen-bond acceptors (Lipinski definition) is 8. The lowest BCUT2D eigenvalue weighted by Gasteiger charge is -2.25. The number of aromatic carboxylic acids is 1. The van der Waals surface area contributed by atoms with Crippen molar-refractivity contribution in [3.63, 3.8) is 0 Å². The number of hydrogen-bond donors (Lipinski definition) is 2. The number of anilines is 1. The smallest absolute Gasteiger partial charge is 0.354 e. The van der Waals surface area contributed by atoms with Gasteiger partial charge in [0.15, 0.2) is 0 Å². The average molecular weight is 399 g/mol. The van der Waals surface area contributed by atoms with E-state index < -0.39 is 5.97 Å². The van der Waals surface area contributed by atoms with Gasteiger partial charge in [-0.15, -0.1) is 11.3 Å². The molecule has 0 atom stereocenters. The fraction of sp³-hybridized carbons (Fsp3) is 0.263. The third-order valence-electron chi connectivity index (χ3n) is 3.95. The van der Waals surface area contributed by atoms with Gasteiger partial charge in [0, 0.05) is 30.7 Å². The molecule has 0 bridgehead atoms. The van der Waals surface area contributed by atoms with E-state index in [1.54, 1.807) is 35.9 Å². The molecule has 0 spiro atoms. The summed E-state index contributed by atoms with van der Waals surface area (Å²) in [6.07, 6.45) is 4.76. The molecule has 28 heavy (non-hydrogen) atoms. The molecule has 9 heteroatoms. The van der Waals surface area contributed by atoms with Gasteiger partial charge in [-0.25, -0.2) is 19.7 Å². The van der Waals surface area contributed by atoms with Crippen molar-refractivity contribution in [3.05, 3.63) is 59.5 Å². The van der Waals surface area contributed by atoms with E-state index >= 15 is 0 Å². The highest BCUT2D eigenvalue weighted by atomic mass is 32.1. The van der Waals surface area contributed by atoms with Gasteiger partial charge in [0.2, 0.25) is 0 Å². The second-order valence-corrected chi connectivity index (χ2v) is 7.17. The van der Waals surface area contributed by atoms with Gasteiger partial charge in [0.25, 0.3) is 0 Å². The molecule has 4 rings (SSSR count). The number of carbonyl (C=O) groups is 1. The first-order chi connectivity index (χ1) is 13.6. The molecule has 146 valence electrons. The maximum absolute atomic E-state index is 10.1. The average Bonchev–Trinajstić information content (AvgIpc) is 3.19. The zero-order valence-corrected chi connectivity index (χ0v) is 16.0. The summed E-state index contributed by atoms with van der Waals surface area (Å²) in [6.45, 7) is 4.67. The fourth-order valence-corrected chi connectivity index (χ4v) is 3.55. The van der Waals surface area contributed by atoms with Crippen LogP contribution in [0, 0.1) is 0 Å². The second kappa shape index (κ2) is 9.88. The number of carboxylic acids is 1. The van der Waals surface area contributed by atoms with Crippen LogP contribution in [0.5, 0.6) is 0 Å². The number of nitrogen functional groups attached to an aromatic ring is 1. The molecule has 3 N–H and O–H groups in total. The Morgan fingerprint density at radius 2 is 1.96 bits per heavy atom. The monoisotopic (exact) mass is 399 g/mol. The minimum absolute atomic E-state index is 0.0810. The Kier molecular flexibility index (Phi) is 7.01. The molecule has 3 aromatic rings. The summed E-state index contributed by atoms with van der Waals surface area (Å²) in [4.78, 5) is 27.0. The van der Waals surface area contributed by atoms with Crippen molar-refractivity contribution in [1.29, 1.82) is 0 Å². The summed E-state index contributed by atoms with van der Waals surface area (Å²) in [6, 6.07) is 9.01. The number of nitrogens with zero attached hydrogens (tertiary/aromatic N) is 4. The molecular formula is C19H21N5O3S. The molecule has 0 radical (unpaired) electrons. The van der Waals surface area contributed by atoms with E-state index in [-0.39, 0.29) is 5.69 Å². The Morgan fingerprint density at radius 3 is 2.57 bits per heavy atom. The predicted molar refractivity (Wildman–Crippen MR) is 107 cm³/mol. The Hall–Kier alpha value is -2.88. The molecule has 0 unspecified atom stereocenters. The normalized spacial score (nSPS) is 14.1.